The predicted octanol–water partition coefficient (Wildman–Crippen LogP) is 7.17. The second-order valence-electron chi connectivity index (χ2n) is 9.46. The van der Waals surface area contributed by atoms with Crippen LogP contribution in [0.5, 0.6) is 11.5 Å². The van der Waals surface area contributed by atoms with Gasteiger partial charge in [0.2, 0.25) is 0 Å². The number of benzene rings is 2. The average Bonchev–Trinajstić information content (AvgIpc) is 3.20. The third-order valence-electron chi connectivity index (χ3n) is 7.06. The van der Waals surface area contributed by atoms with Gasteiger partial charge in [0.1, 0.15) is 11.5 Å². The van der Waals surface area contributed by atoms with Crippen molar-refractivity contribution in [3.05, 3.63) is 125 Å². The molecular weight excluding hydrogens is 446 g/mol. The van der Waals surface area contributed by atoms with Crippen molar-refractivity contribution in [2.75, 3.05) is 0 Å². The Morgan fingerprint density at radius 3 is 2.81 bits per heavy atom. The number of phenols is 2. The first-order valence-electron chi connectivity index (χ1n) is 12.3. The van der Waals surface area contributed by atoms with Crippen molar-refractivity contribution in [3.63, 3.8) is 0 Å². The number of carbonyl (C=O) groups is 1. The van der Waals surface area contributed by atoms with Crippen LogP contribution in [0.1, 0.15) is 64.7 Å². The molecule has 0 bridgehead atoms. The number of fused-ring (bicyclic) bond motifs is 1. The fourth-order valence-corrected chi connectivity index (χ4v) is 5.16. The number of phenolic OH excluding ortho intramolecular Hbond substituents is 2. The van der Waals surface area contributed by atoms with Gasteiger partial charge in [-0.25, -0.2) is 0 Å². The maximum Gasteiger partial charge on any atom is 0.189 e. The molecule has 2 aromatic carbocycles. The summed E-state index contributed by atoms with van der Waals surface area (Å²) in [6.07, 6.45) is 17.5. The number of aromatic nitrogens is 1. The molecule has 2 aliphatic carbocycles. The Kier molecular flexibility index (Phi) is 6.68. The molecule has 0 aliphatic heterocycles. The van der Waals surface area contributed by atoms with Crippen molar-refractivity contribution < 1.29 is 15.0 Å². The van der Waals surface area contributed by atoms with Crippen LogP contribution in [0.3, 0.4) is 0 Å². The maximum atomic E-state index is 13.3. The largest absolute Gasteiger partial charge is 0.508 e. The predicted molar refractivity (Wildman–Crippen MR) is 144 cm³/mol. The fraction of sp³-hybridized carbons (Fsp3) is 0.188. The summed E-state index contributed by atoms with van der Waals surface area (Å²) < 4.78 is 0. The monoisotopic (exact) mass is 475 g/mol. The Labute approximate surface area is 211 Å². The van der Waals surface area contributed by atoms with Crippen molar-refractivity contribution in [1.82, 2.24) is 4.98 Å². The highest BCUT2D eigenvalue weighted by Gasteiger charge is 2.24. The number of hydrogen-bond acceptors (Lipinski definition) is 4. The molecule has 4 nitrogen and oxygen atoms in total. The molecule has 5 rings (SSSR count). The summed E-state index contributed by atoms with van der Waals surface area (Å²) >= 11 is 0. The number of ketones is 1. The molecule has 1 heterocycles. The van der Waals surface area contributed by atoms with Crippen molar-refractivity contribution in [1.29, 1.82) is 0 Å². The van der Waals surface area contributed by atoms with E-state index >= 15 is 0 Å². The molecular formula is C32H29NO3. The summed E-state index contributed by atoms with van der Waals surface area (Å²) in [7, 11) is 0. The molecule has 1 unspecified atom stereocenters. The van der Waals surface area contributed by atoms with Crippen molar-refractivity contribution in [2.24, 2.45) is 0 Å². The summed E-state index contributed by atoms with van der Waals surface area (Å²) in [5, 5.41) is 19.9. The van der Waals surface area contributed by atoms with Gasteiger partial charge in [-0.3, -0.25) is 9.78 Å². The quantitative estimate of drug-likeness (QED) is 0.238. The van der Waals surface area contributed by atoms with Gasteiger partial charge in [0.25, 0.3) is 0 Å². The lowest BCUT2D eigenvalue weighted by atomic mass is 9.88. The Morgan fingerprint density at radius 1 is 1.11 bits per heavy atom. The molecule has 1 atom stereocenters. The highest BCUT2D eigenvalue weighted by atomic mass is 16.3. The number of nitrogens with zero attached hydrogens (tertiary/aromatic N) is 1. The van der Waals surface area contributed by atoms with Gasteiger partial charge >= 0.3 is 0 Å². The van der Waals surface area contributed by atoms with Crippen LogP contribution in [-0.2, 0) is 6.42 Å². The highest BCUT2D eigenvalue weighted by Crippen LogP contribution is 2.40. The zero-order chi connectivity index (χ0) is 25.1. The minimum Gasteiger partial charge on any atom is -0.508 e. The number of hydrogen-bond donors (Lipinski definition) is 2. The van der Waals surface area contributed by atoms with Gasteiger partial charge in [0, 0.05) is 18.5 Å². The lowest BCUT2D eigenvalue weighted by Crippen LogP contribution is -2.02. The van der Waals surface area contributed by atoms with Crippen LogP contribution < -0.4 is 0 Å². The van der Waals surface area contributed by atoms with E-state index in [0.717, 1.165) is 36.0 Å². The Morgan fingerprint density at radius 2 is 2.00 bits per heavy atom. The van der Waals surface area contributed by atoms with E-state index in [1.807, 2.05) is 12.3 Å². The highest BCUT2D eigenvalue weighted by molar-refractivity contribution is 6.10. The molecule has 180 valence electrons. The number of carbonyl (C=O) groups excluding carboxylic acids is 1. The van der Waals surface area contributed by atoms with Crippen molar-refractivity contribution in [2.45, 2.75) is 38.5 Å². The molecule has 36 heavy (non-hydrogen) atoms. The minimum absolute atomic E-state index is 0.0759. The zero-order valence-electron chi connectivity index (χ0n) is 20.3. The normalized spacial score (nSPS) is 18.6. The van der Waals surface area contributed by atoms with E-state index < -0.39 is 0 Å². The van der Waals surface area contributed by atoms with Gasteiger partial charge in [0.05, 0.1) is 5.56 Å². The summed E-state index contributed by atoms with van der Waals surface area (Å²) in [6.45, 7) is 2.14. The van der Waals surface area contributed by atoms with Gasteiger partial charge in [-0.1, -0.05) is 48.6 Å². The molecule has 4 heteroatoms. The SMILES string of the molecule is CC1=CC=CCC=C1c1ccc2c(c1)CCC(c1cccnc1)CC2=CC(=O)c1ccc(O)cc1O. The Bertz CT molecular complexity index is 1430. The molecule has 0 saturated heterocycles. The van der Waals surface area contributed by atoms with Crippen molar-refractivity contribution in [3.8, 4) is 11.5 Å². The van der Waals surface area contributed by atoms with E-state index in [4.69, 9.17) is 0 Å². The lowest BCUT2D eigenvalue weighted by molar-refractivity contribution is 0.104. The first kappa shape index (κ1) is 23.6. The van der Waals surface area contributed by atoms with Gasteiger partial charge in [-0.05, 0) is 102 Å². The minimum atomic E-state index is -0.277. The van der Waals surface area contributed by atoms with E-state index in [2.05, 4.69) is 60.5 Å². The zero-order valence-corrected chi connectivity index (χ0v) is 20.3. The summed E-state index contributed by atoms with van der Waals surface area (Å²) in [5.74, 6) is -0.347. The second-order valence-corrected chi connectivity index (χ2v) is 9.46. The third-order valence-corrected chi connectivity index (χ3v) is 7.06. The molecule has 0 amide bonds. The summed E-state index contributed by atoms with van der Waals surface area (Å²) in [4.78, 5) is 17.6. The van der Waals surface area contributed by atoms with Crippen LogP contribution in [0, 0.1) is 0 Å². The number of aromatic hydroxyl groups is 2. The van der Waals surface area contributed by atoms with Crippen LogP contribution in [0.4, 0.5) is 0 Å². The van der Waals surface area contributed by atoms with Gasteiger partial charge in [-0.2, -0.15) is 0 Å². The van der Waals surface area contributed by atoms with Crippen LogP contribution >= 0.6 is 0 Å². The van der Waals surface area contributed by atoms with Gasteiger partial charge in [0.15, 0.2) is 5.78 Å². The van der Waals surface area contributed by atoms with E-state index in [-0.39, 0.29) is 28.8 Å². The Balaban J connectivity index is 1.57. The first-order chi connectivity index (χ1) is 17.5. The second kappa shape index (κ2) is 10.2. The number of allylic oxidation sites excluding steroid dienone is 8. The van der Waals surface area contributed by atoms with E-state index in [1.165, 1.54) is 40.5 Å². The first-order valence-corrected chi connectivity index (χ1v) is 12.3. The molecule has 0 spiro atoms. The molecule has 0 radical (unpaired) electrons. The molecule has 0 saturated carbocycles. The van der Waals surface area contributed by atoms with E-state index in [9.17, 15) is 15.0 Å². The average molecular weight is 476 g/mol. The van der Waals surface area contributed by atoms with Crippen LogP contribution in [0.2, 0.25) is 0 Å². The van der Waals surface area contributed by atoms with Gasteiger partial charge < -0.3 is 10.2 Å². The lowest BCUT2D eigenvalue weighted by Gasteiger charge is -2.16. The van der Waals surface area contributed by atoms with E-state index in [0.29, 0.717) is 6.42 Å². The third kappa shape index (κ3) is 4.94. The summed E-state index contributed by atoms with van der Waals surface area (Å²) in [5.41, 5.74) is 8.25. The molecule has 1 aromatic heterocycles. The number of rotatable bonds is 4. The Hall–Kier alpha value is -4.18. The van der Waals surface area contributed by atoms with Crippen molar-refractivity contribution >= 4 is 16.9 Å². The maximum absolute atomic E-state index is 13.3. The number of aryl methyl sites for hydroxylation is 1. The fourth-order valence-electron chi connectivity index (χ4n) is 5.16. The standard InChI is InChI=1S/C32H29NO3/c1-21-6-3-2-4-8-28(21)23-11-13-29-24(17-23)10-9-22(25-7-5-15-33-20-25)16-26(29)18-31(35)30-14-12-27(34)19-32(30)36/h2-3,5-8,11-15,17-20,22,34,36H,4,9-10,16H2,1H3. The van der Waals surface area contributed by atoms with Crippen LogP contribution in [0.15, 0.2) is 96.9 Å². The van der Waals surface area contributed by atoms with Crippen LogP contribution in [0.25, 0.3) is 11.1 Å². The smallest absolute Gasteiger partial charge is 0.189 e. The molecule has 3 aromatic rings. The molecule has 2 N–H and O–H groups in total. The topological polar surface area (TPSA) is 70.4 Å². The molecule has 0 fully saturated rings. The summed E-state index contributed by atoms with van der Waals surface area (Å²) in [6, 6.07) is 14.7. The van der Waals surface area contributed by atoms with E-state index in [1.54, 1.807) is 12.3 Å². The number of pyridine rings is 1. The molecule has 2 aliphatic rings. The van der Waals surface area contributed by atoms with Crippen LogP contribution in [-0.4, -0.2) is 21.0 Å². The van der Waals surface area contributed by atoms with Gasteiger partial charge in [-0.15, -0.1) is 0 Å².